The van der Waals surface area contributed by atoms with Gasteiger partial charge in [0.1, 0.15) is 0 Å². The van der Waals surface area contributed by atoms with E-state index in [0.29, 0.717) is 23.2 Å². The zero-order valence-electron chi connectivity index (χ0n) is 16.5. The number of anilines is 1. The average molecular weight is 437 g/mol. The Morgan fingerprint density at radius 1 is 1.00 bits per heavy atom. The highest BCUT2D eigenvalue weighted by Crippen LogP contribution is 2.23. The Bertz CT molecular complexity index is 1150. The third-order valence-electron chi connectivity index (χ3n) is 5.05. The third-order valence-corrected chi connectivity index (χ3v) is 8.34. The number of nitrogens with one attached hydrogen (secondary N) is 2. The third kappa shape index (κ3) is 4.97. The van der Waals surface area contributed by atoms with Gasteiger partial charge < -0.3 is 5.32 Å². The van der Waals surface area contributed by atoms with Crippen LogP contribution in [0.1, 0.15) is 33.5 Å². The molecule has 1 amide bonds. The summed E-state index contributed by atoms with van der Waals surface area (Å²) < 4.78 is 51.0. The molecule has 1 aliphatic heterocycles. The second-order valence-corrected chi connectivity index (χ2v) is 11.3. The summed E-state index contributed by atoms with van der Waals surface area (Å²) in [7, 11) is -6.84. The zero-order chi connectivity index (χ0) is 21.4. The molecule has 1 aliphatic rings. The molecule has 9 heteroatoms. The number of benzene rings is 2. The molecule has 0 radical (unpaired) electrons. The Balaban J connectivity index is 1.72. The quantitative estimate of drug-likeness (QED) is 0.748. The largest absolute Gasteiger partial charge is 0.348 e. The van der Waals surface area contributed by atoms with Crippen molar-refractivity contribution < 1.29 is 21.6 Å². The maximum Gasteiger partial charge on any atom is 0.262 e. The second kappa shape index (κ2) is 7.79. The molecule has 7 nitrogen and oxygen atoms in total. The average Bonchev–Trinajstić information content (AvgIpc) is 2.96. The smallest absolute Gasteiger partial charge is 0.262 e. The fourth-order valence-corrected chi connectivity index (χ4v) is 6.35. The number of amides is 1. The van der Waals surface area contributed by atoms with Crippen LogP contribution >= 0.6 is 0 Å². The summed E-state index contributed by atoms with van der Waals surface area (Å²) in [6.45, 7) is 5.53. The SMILES string of the molecule is Cc1cc(C)c(S(=O)(=O)Nc2ccc(C(=O)N[C@H]3CCS(=O)(=O)C3)cc2)cc1C. The molecule has 2 N–H and O–H groups in total. The number of rotatable bonds is 5. The van der Waals surface area contributed by atoms with Gasteiger partial charge >= 0.3 is 0 Å². The molecule has 1 atom stereocenters. The number of sulfonamides is 1. The van der Waals surface area contributed by atoms with Gasteiger partial charge in [-0.15, -0.1) is 0 Å². The lowest BCUT2D eigenvalue weighted by Gasteiger charge is -2.14. The molecule has 156 valence electrons. The van der Waals surface area contributed by atoms with E-state index in [2.05, 4.69) is 10.0 Å². The normalized spacial score (nSPS) is 18.4. The zero-order valence-corrected chi connectivity index (χ0v) is 18.2. The molecule has 0 unspecified atom stereocenters. The van der Waals surface area contributed by atoms with E-state index in [1.165, 1.54) is 24.3 Å². The van der Waals surface area contributed by atoms with Gasteiger partial charge in [-0.3, -0.25) is 9.52 Å². The van der Waals surface area contributed by atoms with Crippen molar-refractivity contribution in [3.05, 3.63) is 58.7 Å². The van der Waals surface area contributed by atoms with Crippen molar-refractivity contribution in [1.29, 1.82) is 0 Å². The van der Waals surface area contributed by atoms with Gasteiger partial charge in [0.05, 0.1) is 16.4 Å². The first-order valence-corrected chi connectivity index (χ1v) is 12.5. The van der Waals surface area contributed by atoms with Crippen LogP contribution in [-0.2, 0) is 19.9 Å². The number of hydrogen-bond acceptors (Lipinski definition) is 5. The van der Waals surface area contributed by atoms with E-state index in [-0.39, 0.29) is 22.3 Å². The van der Waals surface area contributed by atoms with Crippen LogP contribution in [0.25, 0.3) is 0 Å². The summed E-state index contributed by atoms with van der Waals surface area (Å²) in [5.74, 6) is -0.353. The molecule has 2 aromatic carbocycles. The number of carbonyl (C=O) groups is 1. The molecule has 0 saturated carbocycles. The molecule has 0 aromatic heterocycles. The Labute approximate surface area is 171 Å². The Kier molecular flexibility index (Phi) is 5.73. The van der Waals surface area contributed by atoms with Crippen molar-refractivity contribution in [2.24, 2.45) is 0 Å². The lowest BCUT2D eigenvalue weighted by atomic mass is 10.1. The number of hydrogen-bond donors (Lipinski definition) is 2. The molecule has 0 aliphatic carbocycles. The first-order chi connectivity index (χ1) is 13.5. The van der Waals surface area contributed by atoms with Gasteiger partial charge in [-0.2, -0.15) is 0 Å². The molecular weight excluding hydrogens is 412 g/mol. The Morgan fingerprint density at radius 2 is 1.62 bits per heavy atom. The highest BCUT2D eigenvalue weighted by molar-refractivity contribution is 7.92. The molecule has 3 rings (SSSR count). The Morgan fingerprint density at radius 3 is 2.21 bits per heavy atom. The molecule has 2 aromatic rings. The van der Waals surface area contributed by atoms with Gasteiger partial charge in [0.25, 0.3) is 15.9 Å². The maximum absolute atomic E-state index is 12.7. The van der Waals surface area contributed by atoms with Gasteiger partial charge in [-0.1, -0.05) is 6.07 Å². The topological polar surface area (TPSA) is 109 Å². The van der Waals surface area contributed by atoms with Gasteiger partial charge in [-0.25, -0.2) is 16.8 Å². The van der Waals surface area contributed by atoms with Crippen LogP contribution in [0.4, 0.5) is 5.69 Å². The van der Waals surface area contributed by atoms with Crippen molar-refractivity contribution in [1.82, 2.24) is 5.32 Å². The summed E-state index contributed by atoms with van der Waals surface area (Å²) >= 11 is 0. The van der Waals surface area contributed by atoms with Crippen LogP contribution in [0.3, 0.4) is 0 Å². The van der Waals surface area contributed by atoms with Crippen LogP contribution in [-0.4, -0.2) is 40.3 Å². The van der Waals surface area contributed by atoms with E-state index >= 15 is 0 Å². The predicted octanol–water partition coefficient (Wildman–Crippen LogP) is 2.33. The molecular formula is C20H24N2O5S2. The number of sulfone groups is 1. The molecule has 1 heterocycles. The summed E-state index contributed by atoms with van der Waals surface area (Å²) in [5.41, 5.74) is 3.23. The van der Waals surface area contributed by atoms with Crippen LogP contribution in [0.5, 0.6) is 0 Å². The van der Waals surface area contributed by atoms with Gasteiger partial charge in [0.15, 0.2) is 9.84 Å². The van der Waals surface area contributed by atoms with Gasteiger partial charge in [0.2, 0.25) is 0 Å². The van der Waals surface area contributed by atoms with E-state index in [1.54, 1.807) is 13.0 Å². The summed E-state index contributed by atoms with van der Waals surface area (Å²) in [6.07, 6.45) is 0.404. The highest BCUT2D eigenvalue weighted by atomic mass is 32.2. The molecule has 0 bridgehead atoms. The van der Waals surface area contributed by atoms with Crippen molar-refractivity contribution >= 4 is 31.5 Å². The number of carbonyl (C=O) groups excluding carboxylic acids is 1. The molecule has 1 saturated heterocycles. The second-order valence-electron chi connectivity index (χ2n) is 7.46. The van der Waals surface area contributed by atoms with E-state index in [4.69, 9.17) is 0 Å². The van der Waals surface area contributed by atoms with Gasteiger partial charge in [0, 0.05) is 17.3 Å². The van der Waals surface area contributed by atoms with Crippen molar-refractivity contribution in [2.45, 2.75) is 38.1 Å². The lowest BCUT2D eigenvalue weighted by molar-refractivity contribution is 0.0941. The monoisotopic (exact) mass is 436 g/mol. The van der Waals surface area contributed by atoms with E-state index in [9.17, 15) is 21.6 Å². The minimum absolute atomic E-state index is 0.0497. The van der Waals surface area contributed by atoms with Crippen molar-refractivity contribution in [2.75, 3.05) is 16.2 Å². The Hall–Kier alpha value is -2.39. The minimum atomic E-state index is -3.77. The molecule has 1 fully saturated rings. The lowest BCUT2D eigenvalue weighted by Crippen LogP contribution is -2.35. The fourth-order valence-electron chi connectivity index (χ4n) is 3.30. The van der Waals surface area contributed by atoms with Crippen molar-refractivity contribution in [3.8, 4) is 0 Å². The summed E-state index contributed by atoms with van der Waals surface area (Å²) in [5, 5.41) is 2.71. The fraction of sp³-hybridized carbons (Fsp3) is 0.350. The molecule has 0 spiro atoms. The number of aryl methyl sites for hydroxylation is 3. The van der Waals surface area contributed by atoms with Crippen LogP contribution < -0.4 is 10.0 Å². The highest BCUT2D eigenvalue weighted by Gasteiger charge is 2.29. The van der Waals surface area contributed by atoms with Crippen LogP contribution in [0, 0.1) is 20.8 Å². The summed E-state index contributed by atoms with van der Waals surface area (Å²) in [4.78, 5) is 12.5. The molecule has 29 heavy (non-hydrogen) atoms. The minimum Gasteiger partial charge on any atom is -0.348 e. The van der Waals surface area contributed by atoms with Gasteiger partial charge in [-0.05, 0) is 74.2 Å². The van der Waals surface area contributed by atoms with E-state index < -0.39 is 25.9 Å². The predicted molar refractivity (Wildman–Crippen MR) is 112 cm³/mol. The first-order valence-electron chi connectivity index (χ1n) is 9.19. The summed E-state index contributed by atoms with van der Waals surface area (Å²) in [6, 6.07) is 9.11. The first kappa shape index (κ1) is 21.3. The maximum atomic E-state index is 12.7. The van der Waals surface area contributed by atoms with E-state index in [1.807, 2.05) is 19.9 Å². The van der Waals surface area contributed by atoms with E-state index in [0.717, 1.165) is 11.1 Å². The van der Waals surface area contributed by atoms with Crippen LogP contribution in [0.2, 0.25) is 0 Å². The van der Waals surface area contributed by atoms with Crippen molar-refractivity contribution in [3.63, 3.8) is 0 Å². The standard InChI is InChI=1S/C20H24N2O5S2/c1-13-10-15(3)19(11-14(13)2)29(26,27)22-17-6-4-16(5-7-17)20(23)21-18-8-9-28(24,25)12-18/h4-7,10-11,18,22H,8-9,12H2,1-3H3,(H,21,23)/t18-/m0/s1. The van der Waals surface area contributed by atoms with Crippen LogP contribution in [0.15, 0.2) is 41.3 Å².